The summed E-state index contributed by atoms with van der Waals surface area (Å²) in [6.45, 7) is 7.69. The number of rotatable bonds is 9. The van der Waals surface area contributed by atoms with Crippen molar-refractivity contribution in [3.05, 3.63) is 47.7 Å². The van der Waals surface area contributed by atoms with Gasteiger partial charge in [0.05, 0.1) is 0 Å². The Morgan fingerprint density at radius 2 is 1.42 bits per heavy atom. The van der Waals surface area contributed by atoms with E-state index in [2.05, 4.69) is 18.2 Å². The number of allylic oxidation sites excluding steroid dienone is 1. The molecule has 0 N–H and O–H groups in total. The Kier molecular flexibility index (Phi) is 7.67. The lowest BCUT2D eigenvalue weighted by molar-refractivity contribution is 0.0842. The molecule has 0 atom stereocenters. The van der Waals surface area contributed by atoms with Crippen LogP contribution >= 0.6 is 0 Å². The zero-order chi connectivity index (χ0) is 14.0. The molecule has 106 valence electrons. The summed E-state index contributed by atoms with van der Waals surface area (Å²) in [6.07, 6.45) is 2.95. The highest BCUT2D eigenvalue weighted by atomic mass is 28.4. The number of benzene rings is 1. The average Bonchev–Trinajstić information content (AvgIpc) is 2.41. The van der Waals surface area contributed by atoms with Crippen molar-refractivity contribution >= 4 is 8.80 Å². The molecule has 1 aromatic carbocycles. The molecule has 0 saturated carbocycles. The maximum Gasteiger partial charge on any atom is 0.529 e. The molecule has 0 radical (unpaired) electrons. The third kappa shape index (κ3) is 5.70. The minimum absolute atomic E-state index is 0.599. The predicted molar refractivity (Wildman–Crippen MR) is 79.9 cm³/mol. The van der Waals surface area contributed by atoms with Crippen LogP contribution in [0.4, 0.5) is 0 Å². The van der Waals surface area contributed by atoms with Crippen LogP contribution in [-0.4, -0.2) is 28.6 Å². The topological polar surface area (TPSA) is 27.7 Å². The van der Waals surface area contributed by atoms with Crippen LogP contribution in [0, 0.1) is 0 Å². The Labute approximate surface area is 117 Å². The molecular formula is C15H24O3Si. The Morgan fingerprint density at radius 3 is 1.89 bits per heavy atom. The second-order valence-electron chi connectivity index (χ2n) is 3.99. The summed E-state index contributed by atoms with van der Waals surface area (Å²) in [5.74, 6) is 0. The molecule has 19 heavy (non-hydrogen) atoms. The summed E-state index contributed by atoms with van der Waals surface area (Å²) in [7, 11) is -2.63. The van der Waals surface area contributed by atoms with E-state index in [1.54, 1.807) is 0 Å². The summed E-state index contributed by atoms with van der Waals surface area (Å²) in [4.78, 5) is 0. The third-order valence-corrected chi connectivity index (χ3v) is 5.27. The molecule has 0 spiro atoms. The van der Waals surface area contributed by atoms with Gasteiger partial charge in [-0.2, -0.15) is 0 Å². The fourth-order valence-electron chi connectivity index (χ4n) is 1.83. The quantitative estimate of drug-likeness (QED) is 0.649. The van der Waals surface area contributed by atoms with E-state index in [-0.39, 0.29) is 0 Å². The van der Waals surface area contributed by atoms with Crippen molar-refractivity contribution in [1.29, 1.82) is 0 Å². The molecule has 0 unspecified atom stereocenters. The van der Waals surface area contributed by atoms with Crippen LogP contribution in [-0.2, 0) is 19.7 Å². The lowest BCUT2D eigenvalue weighted by Gasteiger charge is -2.25. The van der Waals surface area contributed by atoms with E-state index in [0.29, 0.717) is 19.8 Å². The van der Waals surface area contributed by atoms with Crippen LogP contribution < -0.4 is 0 Å². The zero-order valence-electron chi connectivity index (χ0n) is 12.1. The van der Waals surface area contributed by atoms with Crippen molar-refractivity contribution in [1.82, 2.24) is 0 Å². The summed E-state index contributed by atoms with van der Waals surface area (Å²) in [5.41, 5.74) is 3.27. The van der Waals surface area contributed by atoms with Crippen LogP contribution in [0.3, 0.4) is 0 Å². The van der Waals surface area contributed by atoms with E-state index >= 15 is 0 Å². The van der Waals surface area contributed by atoms with Gasteiger partial charge in [-0.05, 0) is 38.5 Å². The van der Waals surface area contributed by atoms with E-state index in [1.165, 1.54) is 5.56 Å². The van der Waals surface area contributed by atoms with E-state index in [9.17, 15) is 0 Å². The van der Waals surface area contributed by atoms with Crippen LogP contribution in [0.2, 0.25) is 0 Å². The van der Waals surface area contributed by atoms with Crippen molar-refractivity contribution < 1.29 is 13.3 Å². The summed E-state index contributed by atoms with van der Waals surface area (Å²) >= 11 is 0. The maximum atomic E-state index is 5.76. The second-order valence-corrected chi connectivity index (χ2v) is 6.40. The Balaban J connectivity index is 2.69. The van der Waals surface area contributed by atoms with Gasteiger partial charge in [-0.3, -0.25) is 0 Å². The summed E-state index contributed by atoms with van der Waals surface area (Å²) in [6, 6.07) is 10.3. The van der Waals surface area contributed by atoms with Gasteiger partial charge in [0, 0.05) is 19.8 Å². The molecule has 4 heteroatoms. The first-order valence-electron chi connectivity index (χ1n) is 6.89. The highest BCUT2D eigenvalue weighted by Gasteiger charge is 2.37. The van der Waals surface area contributed by atoms with Crippen molar-refractivity contribution in [2.75, 3.05) is 19.8 Å². The van der Waals surface area contributed by atoms with E-state index in [0.717, 1.165) is 6.42 Å². The maximum absolute atomic E-state index is 5.76. The van der Waals surface area contributed by atoms with Crippen molar-refractivity contribution in [2.45, 2.75) is 27.2 Å². The van der Waals surface area contributed by atoms with Crippen LogP contribution in [0.15, 0.2) is 42.1 Å². The van der Waals surface area contributed by atoms with E-state index in [4.69, 9.17) is 13.3 Å². The second kappa shape index (κ2) is 9.04. The lowest BCUT2D eigenvalue weighted by Crippen LogP contribution is -2.44. The minimum atomic E-state index is -2.63. The first-order valence-corrected chi connectivity index (χ1v) is 8.70. The minimum Gasteiger partial charge on any atom is -0.371 e. The Hall–Kier alpha value is -0.943. The first-order chi connectivity index (χ1) is 9.26. The molecule has 3 nitrogen and oxygen atoms in total. The highest BCUT2D eigenvalue weighted by Crippen LogP contribution is 2.13. The third-order valence-electron chi connectivity index (χ3n) is 2.55. The molecule has 0 bridgehead atoms. The van der Waals surface area contributed by atoms with Crippen molar-refractivity contribution in [2.24, 2.45) is 0 Å². The van der Waals surface area contributed by atoms with Gasteiger partial charge in [-0.25, -0.2) is 0 Å². The molecule has 1 rings (SSSR count). The molecule has 0 aromatic heterocycles. The smallest absolute Gasteiger partial charge is 0.371 e. The lowest BCUT2D eigenvalue weighted by atomic mass is 10.2. The SMILES string of the molecule is CCO[Si](/C=C/Cc1ccccc1)(OCC)OCC. The molecule has 0 fully saturated rings. The summed E-state index contributed by atoms with van der Waals surface area (Å²) in [5, 5.41) is 0. The van der Waals surface area contributed by atoms with E-state index in [1.807, 2.05) is 44.7 Å². The highest BCUT2D eigenvalue weighted by molar-refractivity contribution is 6.66. The van der Waals surface area contributed by atoms with Gasteiger partial charge in [0.15, 0.2) is 0 Å². The molecule has 0 aliphatic rings. The summed E-state index contributed by atoms with van der Waals surface area (Å²) < 4.78 is 17.3. The average molecular weight is 280 g/mol. The van der Waals surface area contributed by atoms with Crippen molar-refractivity contribution in [3.8, 4) is 0 Å². The Morgan fingerprint density at radius 1 is 0.895 bits per heavy atom. The van der Waals surface area contributed by atoms with E-state index < -0.39 is 8.80 Å². The van der Waals surface area contributed by atoms with Gasteiger partial charge in [0.2, 0.25) is 0 Å². The van der Waals surface area contributed by atoms with Gasteiger partial charge in [0.1, 0.15) is 0 Å². The van der Waals surface area contributed by atoms with Gasteiger partial charge in [0.25, 0.3) is 0 Å². The van der Waals surface area contributed by atoms with Crippen LogP contribution in [0.25, 0.3) is 0 Å². The zero-order valence-corrected chi connectivity index (χ0v) is 13.1. The first kappa shape index (κ1) is 16.1. The number of hydrogen-bond acceptors (Lipinski definition) is 3. The van der Waals surface area contributed by atoms with Crippen molar-refractivity contribution in [3.63, 3.8) is 0 Å². The van der Waals surface area contributed by atoms with Crippen LogP contribution in [0.1, 0.15) is 26.3 Å². The van der Waals surface area contributed by atoms with Crippen LogP contribution in [0.5, 0.6) is 0 Å². The monoisotopic (exact) mass is 280 g/mol. The molecule has 0 heterocycles. The Bertz CT molecular complexity index is 348. The van der Waals surface area contributed by atoms with Gasteiger partial charge in [-0.1, -0.05) is 36.4 Å². The molecule has 0 saturated heterocycles. The molecule has 0 amide bonds. The van der Waals surface area contributed by atoms with Gasteiger partial charge in [-0.15, -0.1) is 0 Å². The molecule has 0 aliphatic heterocycles. The fraction of sp³-hybridized carbons (Fsp3) is 0.467. The molecular weight excluding hydrogens is 256 g/mol. The fourth-order valence-corrected chi connectivity index (χ4v) is 3.98. The standard InChI is InChI=1S/C15H24O3Si/c1-4-16-19(17-5-2,18-6-3)14-10-13-15-11-8-7-9-12-15/h7-12,14H,4-6,13H2,1-3H3/b14-10+. The normalized spacial score (nSPS) is 12.2. The largest absolute Gasteiger partial charge is 0.529 e. The predicted octanol–water partition coefficient (Wildman–Crippen LogP) is 3.37. The van der Waals surface area contributed by atoms with Gasteiger partial charge < -0.3 is 13.3 Å². The molecule has 1 aromatic rings. The van der Waals surface area contributed by atoms with Gasteiger partial charge >= 0.3 is 8.80 Å². The number of hydrogen-bond donors (Lipinski definition) is 0. The molecule has 0 aliphatic carbocycles.